The first-order chi connectivity index (χ1) is 12.6. The summed E-state index contributed by atoms with van der Waals surface area (Å²) >= 11 is 0. The van der Waals surface area contributed by atoms with E-state index in [4.69, 9.17) is 4.74 Å². The lowest BCUT2D eigenvalue weighted by Crippen LogP contribution is -2.17. The summed E-state index contributed by atoms with van der Waals surface area (Å²) in [5.41, 5.74) is 2.90. The third kappa shape index (κ3) is 4.07. The minimum absolute atomic E-state index is 0.0612. The fraction of sp³-hybridized carbons (Fsp3) is 0.211. The third-order valence-corrected chi connectivity index (χ3v) is 4.02. The molecule has 3 rings (SSSR count). The highest BCUT2D eigenvalue weighted by molar-refractivity contribution is 5.43. The van der Waals surface area contributed by atoms with Crippen LogP contribution in [0.4, 0.5) is 5.69 Å². The molecule has 0 aliphatic rings. The zero-order chi connectivity index (χ0) is 18.5. The van der Waals surface area contributed by atoms with Crippen LogP contribution in [0.1, 0.15) is 11.1 Å². The molecule has 0 unspecified atom stereocenters. The van der Waals surface area contributed by atoms with Gasteiger partial charge in [-0.05, 0) is 25.2 Å². The number of rotatable bonds is 7. The van der Waals surface area contributed by atoms with Gasteiger partial charge in [-0.3, -0.25) is 15.0 Å². The van der Waals surface area contributed by atoms with Crippen LogP contribution in [0.3, 0.4) is 0 Å². The van der Waals surface area contributed by atoms with E-state index in [0.717, 1.165) is 16.8 Å². The molecule has 0 N–H and O–H groups in total. The number of nitro groups is 1. The number of nitrogens with zero attached hydrogens (tertiary/aromatic N) is 4. The van der Waals surface area contributed by atoms with Crippen LogP contribution in [-0.2, 0) is 13.1 Å². The molecule has 1 heterocycles. The van der Waals surface area contributed by atoms with Gasteiger partial charge in [0.1, 0.15) is 5.75 Å². The van der Waals surface area contributed by atoms with Crippen LogP contribution >= 0.6 is 0 Å². The summed E-state index contributed by atoms with van der Waals surface area (Å²) < 4.78 is 7.16. The number of aromatic nitrogens is 2. The Morgan fingerprint density at radius 1 is 1.19 bits per heavy atom. The quantitative estimate of drug-likeness (QED) is 0.481. The Hall–Kier alpha value is -3.19. The van der Waals surface area contributed by atoms with Crippen molar-refractivity contribution in [3.63, 3.8) is 0 Å². The molecule has 0 bridgehead atoms. The maximum atomic E-state index is 11.0. The normalized spacial score (nSPS) is 10.9. The molecule has 2 aromatic carbocycles. The van der Waals surface area contributed by atoms with E-state index in [1.165, 1.54) is 6.07 Å². The largest absolute Gasteiger partial charge is 0.496 e. The van der Waals surface area contributed by atoms with Gasteiger partial charge in [0.05, 0.1) is 23.9 Å². The zero-order valence-electron chi connectivity index (χ0n) is 14.7. The molecular formula is C19H20N4O3. The zero-order valence-corrected chi connectivity index (χ0v) is 14.7. The number of hydrogen-bond donors (Lipinski definition) is 0. The second-order valence-electron chi connectivity index (χ2n) is 6.05. The predicted octanol–water partition coefficient (Wildman–Crippen LogP) is 3.42. The topological polar surface area (TPSA) is 73.4 Å². The van der Waals surface area contributed by atoms with E-state index >= 15 is 0 Å². The first-order valence-electron chi connectivity index (χ1n) is 8.15. The highest BCUT2D eigenvalue weighted by Gasteiger charge is 2.13. The van der Waals surface area contributed by atoms with Gasteiger partial charge in [0.25, 0.3) is 5.69 Å². The number of ether oxygens (including phenoxy) is 1. The smallest absolute Gasteiger partial charge is 0.270 e. The number of nitro benzene ring substituents is 1. The second-order valence-corrected chi connectivity index (χ2v) is 6.05. The molecule has 0 aliphatic heterocycles. The monoisotopic (exact) mass is 352 g/mol. The Morgan fingerprint density at radius 3 is 2.65 bits per heavy atom. The molecule has 7 heteroatoms. The standard InChI is InChI=1S/C19H20N4O3/c1-21(14-16-10-18(23(24)25)8-9-19(16)26-2)12-15-11-20-22(13-15)17-6-4-3-5-7-17/h3-11,13H,12,14H2,1-2H3. The van der Waals surface area contributed by atoms with Crippen molar-refractivity contribution < 1.29 is 9.66 Å². The fourth-order valence-electron chi connectivity index (χ4n) is 2.82. The van der Waals surface area contributed by atoms with E-state index in [0.29, 0.717) is 18.8 Å². The van der Waals surface area contributed by atoms with E-state index in [1.807, 2.05) is 54.5 Å². The highest BCUT2D eigenvalue weighted by atomic mass is 16.6. The average Bonchev–Trinajstić information content (AvgIpc) is 3.10. The van der Waals surface area contributed by atoms with Crippen LogP contribution in [0.2, 0.25) is 0 Å². The van der Waals surface area contributed by atoms with E-state index in [9.17, 15) is 10.1 Å². The van der Waals surface area contributed by atoms with Crippen LogP contribution in [0, 0.1) is 10.1 Å². The van der Waals surface area contributed by atoms with Crippen molar-refractivity contribution >= 4 is 5.69 Å². The minimum Gasteiger partial charge on any atom is -0.496 e. The Kier molecular flexibility index (Phi) is 5.28. The van der Waals surface area contributed by atoms with Crippen molar-refractivity contribution in [1.82, 2.24) is 14.7 Å². The summed E-state index contributed by atoms with van der Waals surface area (Å²) in [5.74, 6) is 0.641. The maximum absolute atomic E-state index is 11.0. The molecule has 0 saturated heterocycles. The van der Waals surface area contributed by atoms with Gasteiger partial charge in [0.15, 0.2) is 0 Å². The molecular weight excluding hydrogens is 332 g/mol. The first kappa shape index (κ1) is 17.6. The summed E-state index contributed by atoms with van der Waals surface area (Å²) in [6.07, 6.45) is 3.81. The molecule has 0 saturated carbocycles. The lowest BCUT2D eigenvalue weighted by Gasteiger charge is -2.17. The minimum atomic E-state index is -0.396. The molecule has 0 atom stereocenters. The lowest BCUT2D eigenvalue weighted by atomic mass is 10.1. The van der Waals surface area contributed by atoms with Gasteiger partial charge < -0.3 is 4.74 Å². The Balaban J connectivity index is 1.71. The SMILES string of the molecule is COc1ccc([N+](=O)[O-])cc1CN(C)Cc1cnn(-c2ccccc2)c1. The van der Waals surface area contributed by atoms with Crippen LogP contribution < -0.4 is 4.74 Å². The summed E-state index contributed by atoms with van der Waals surface area (Å²) in [6.45, 7) is 1.19. The first-order valence-corrected chi connectivity index (χ1v) is 8.15. The van der Waals surface area contributed by atoms with Gasteiger partial charge in [-0.15, -0.1) is 0 Å². The van der Waals surface area contributed by atoms with Gasteiger partial charge in [0, 0.05) is 42.5 Å². The van der Waals surface area contributed by atoms with Crippen molar-refractivity contribution in [2.45, 2.75) is 13.1 Å². The molecule has 7 nitrogen and oxygen atoms in total. The van der Waals surface area contributed by atoms with Gasteiger partial charge in [-0.1, -0.05) is 18.2 Å². The summed E-state index contributed by atoms with van der Waals surface area (Å²) in [6, 6.07) is 14.5. The number of methoxy groups -OCH3 is 1. The van der Waals surface area contributed by atoms with Crippen molar-refractivity contribution in [3.05, 3.63) is 82.2 Å². The van der Waals surface area contributed by atoms with E-state index in [1.54, 1.807) is 19.2 Å². The fourth-order valence-corrected chi connectivity index (χ4v) is 2.82. The van der Waals surface area contributed by atoms with E-state index in [-0.39, 0.29) is 5.69 Å². The molecule has 0 aliphatic carbocycles. The van der Waals surface area contributed by atoms with Gasteiger partial charge >= 0.3 is 0 Å². The molecule has 3 aromatic rings. The highest BCUT2D eigenvalue weighted by Crippen LogP contribution is 2.25. The van der Waals surface area contributed by atoms with Crippen molar-refractivity contribution in [2.75, 3.05) is 14.2 Å². The van der Waals surface area contributed by atoms with Crippen LogP contribution in [0.5, 0.6) is 5.75 Å². The molecule has 1 aromatic heterocycles. The number of benzene rings is 2. The van der Waals surface area contributed by atoms with Crippen molar-refractivity contribution in [3.8, 4) is 11.4 Å². The summed E-state index contributed by atoms with van der Waals surface area (Å²) in [7, 11) is 3.52. The second kappa shape index (κ2) is 7.79. The maximum Gasteiger partial charge on any atom is 0.270 e. The lowest BCUT2D eigenvalue weighted by molar-refractivity contribution is -0.384. The molecule has 0 spiro atoms. The number of hydrogen-bond acceptors (Lipinski definition) is 5. The summed E-state index contributed by atoms with van der Waals surface area (Å²) in [4.78, 5) is 12.7. The number of para-hydroxylation sites is 1. The third-order valence-electron chi connectivity index (χ3n) is 4.02. The van der Waals surface area contributed by atoms with Crippen LogP contribution in [0.25, 0.3) is 5.69 Å². The Morgan fingerprint density at radius 2 is 1.96 bits per heavy atom. The molecule has 0 amide bonds. The molecule has 0 fully saturated rings. The van der Waals surface area contributed by atoms with E-state index in [2.05, 4.69) is 10.00 Å². The molecule has 26 heavy (non-hydrogen) atoms. The van der Waals surface area contributed by atoms with Crippen molar-refractivity contribution in [1.29, 1.82) is 0 Å². The molecule has 134 valence electrons. The van der Waals surface area contributed by atoms with Gasteiger partial charge in [-0.2, -0.15) is 5.10 Å². The Labute approximate surface area is 151 Å². The molecule has 0 radical (unpaired) electrons. The van der Waals surface area contributed by atoms with Crippen LogP contribution in [-0.4, -0.2) is 33.8 Å². The summed E-state index contributed by atoms with van der Waals surface area (Å²) in [5, 5.41) is 15.4. The number of non-ortho nitro benzene ring substituents is 1. The van der Waals surface area contributed by atoms with Crippen molar-refractivity contribution in [2.24, 2.45) is 0 Å². The van der Waals surface area contributed by atoms with Gasteiger partial charge in [0.2, 0.25) is 0 Å². The average molecular weight is 352 g/mol. The van der Waals surface area contributed by atoms with Crippen LogP contribution in [0.15, 0.2) is 60.9 Å². The predicted molar refractivity (Wildman–Crippen MR) is 98.4 cm³/mol. The van der Waals surface area contributed by atoms with Gasteiger partial charge in [-0.25, -0.2) is 4.68 Å². The van der Waals surface area contributed by atoms with E-state index < -0.39 is 4.92 Å². The Bertz CT molecular complexity index is 893.